The Morgan fingerprint density at radius 1 is 1.35 bits per heavy atom. The summed E-state index contributed by atoms with van der Waals surface area (Å²) < 4.78 is 22.3. The molecular weight excluding hydrogens is 286 g/mol. The zero-order valence-corrected chi connectivity index (χ0v) is 11.5. The van der Waals surface area contributed by atoms with Crippen LogP contribution in [0.5, 0.6) is 0 Å². The molecule has 0 fully saturated rings. The second-order valence-electron chi connectivity index (χ2n) is 3.86. The Kier molecular flexibility index (Phi) is 5.06. The summed E-state index contributed by atoms with van der Waals surface area (Å²) in [7, 11) is -3.99. The molecule has 9 heteroatoms. The highest BCUT2D eigenvalue weighted by Gasteiger charge is 2.16. The highest BCUT2D eigenvalue weighted by Crippen LogP contribution is 2.19. The standard InChI is InChI=1S/C11H15N3O5S/c1-2-13-10(15)6-14-9-4-3-7(20(12,18)19)5-8(9)11(16)17/h3-5,14H,2,6H2,1H3,(H,13,15)(H,16,17)(H2,12,18,19). The molecule has 0 saturated carbocycles. The van der Waals surface area contributed by atoms with Crippen LogP contribution in [0.1, 0.15) is 17.3 Å². The van der Waals surface area contributed by atoms with Crippen LogP contribution in [-0.2, 0) is 14.8 Å². The van der Waals surface area contributed by atoms with Crippen molar-refractivity contribution in [1.29, 1.82) is 0 Å². The molecule has 1 aromatic carbocycles. The quantitative estimate of drug-likeness (QED) is 0.563. The number of benzene rings is 1. The summed E-state index contributed by atoms with van der Waals surface area (Å²) in [5.41, 5.74) is -0.142. The average molecular weight is 301 g/mol. The molecule has 110 valence electrons. The minimum atomic E-state index is -3.99. The van der Waals surface area contributed by atoms with E-state index in [9.17, 15) is 18.0 Å². The van der Waals surface area contributed by atoms with E-state index in [-0.39, 0.29) is 28.6 Å². The number of amides is 1. The number of carboxylic acids is 1. The van der Waals surface area contributed by atoms with Crippen molar-refractivity contribution in [2.45, 2.75) is 11.8 Å². The fourth-order valence-electron chi connectivity index (χ4n) is 1.47. The Balaban J connectivity index is 3.03. The number of aromatic carboxylic acids is 1. The van der Waals surface area contributed by atoms with Crippen LogP contribution >= 0.6 is 0 Å². The number of carbonyl (C=O) groups excluding carboxylic acids is 1. The summed E-state index contributed by atoms with van der Waals surface area (Å²) in [6, 6.07) is 3.36. The molecule has 0 atom stereocenters. The van der Waals surface area contributed by atoms with E-state index in [1.807, 2.05) is 0 Å². The number of anilines is 1. The first-order valence-electron chi connectivity index (χ1n) is 5.66. The Labute approximate surface area is 116 Å². The fraction of sp³-hybridized carbons (Fsp3) is 0.273. The highest BCUT2D eigenvalue weighted by atomic mass is 32.2. The van der Waals surface area contributed by atoms with E-state index in [0.29, 0.717) is 6.54 Å². The zero-order chi connectivity index (χ0) is 15.3. The maximum Gasteiger partial charge on any atom is 0.337 e. The summed E-state index contributed by atoms with van der Waals surface area (Å²) in [5, 5.41) is 19.1. The normalized spacial score (nSPS) is 10.9. The average Bonchev–Trinajstić information content (AvgIpc) is 2.35. The Morgan fingerprint density at radius 2 is 2.00 bits per heavy atom. The van der Waals surface area contributed by atoms with Gasteiger partial charge in [-0.1, -0.05) is 0 Å². The van der Waals surface area contributed by atoms with Crippen molar-refractivity contribution >= 4 is 27.6 Å². The van der Waals surface area contributed by atoms with Crippen LogP contribution in [0.3, 0.4) is 0 Å². The first kappa shape index (κ1) is 15.9. The van der Waals surface area contributed by atoms with Crippen LogP contribution in [0.4, 0.5) is 5.69 Å². The van der Waals surface area contributed by atoms with Crippen molar-refractivity contribution in [3.05, 3.63) is 23.8 Å². The lowest BCUT2D eigenvalue weighted by Gasteiger charge is -2.10. The SMILES string of the molecule is CCNC(=O)CNc1ccc(S(N)(=O)=O)cc1C(=O)O. The van der Waals surface area contributed by atoms with Crippen molar-refractivity contribution in [3.8, 4) is 0 Å². The first-order valence-corrected chi connectivity index (χ1v) is 7.21. The van der Waals surface area contributed by atoms with Gasteiger partial charge in [-0.15, -0.1) is 0 Å². The number of carboxylic acid groups (broad SMARTS) is 1. The molecule has 8 nitrogen and oxygen atoms in total. The van der Waals surface area contributed by atoms with Gasteiger partial charge in [0.15, 0.2) is 0 Å². The summed E-state index contributed by atoms with van der Waals surface area (Å²) >= 11 is 0. The minimum Gasteiger partial charge on any atom is -0.478 e. The van der Waals surface area contributed by atoms with Gasteiger partial charge in [0, 0.05) is 12.2 Å². The van der Waals surface area contributed by atoms with Crippen LogP contribution in [0.2, 0.25) is 0 Å². The second kappa shape index (κ2) is 6.35. The van der Waals surface area contributed by atoms with E-state index < -0.39 is 16.0 Å². The molecule has 0 aliphatic heterocycles. The molecule has 0 heterocycles. The number of nitrogens with two attached hydrogens (primary N) is 1. The maximum atomic E-state index is 11.3. The van der Waals surface area contributed by atoms with Gasteiger partial charge >= 0.3 is 5.97 Å². The third kappa shape index (κ3) is 4.21. The molecule has 1 aromatic rings. The van der Waals surface area contributed by atoms with Crippen LogP contribution in [0.25, 0.3) is 0 Å². The lowest BCUT2D eigenvalue weighted by atomic mass is 10.2. The molecule has 0 aliphatic rings. The Bertz CT molecular complexity index is 627. The van der Waals surface area contributed by atoms with Crippen molar-refractivity contribution in [1.82, 2.24) is 5.32 Å². The number of likely N-dealkylation sites (N-methyl/N-ethyl adjacent to an activating group) is 1. The van der Waals surface area contributed by atoms with Crippen molar-refractivity contribution < 1.29 is 23.1 Å². The molecule has 0 aromatic heterocycles. The summed E-state index contributed by atoms with van der Waals surface area (Å²) in [5.74, 6) is -1.63. The van der Waals surface area contributed by atoms with Gasteiger partial charge in [0.1, 0.15) is 0 Å². The molecule has 1 amide bonds. The number of rotatable bonds is 6. The maximum absolute atomic E-state index is 11.3. The molecule has 20 heavy (non-hydrogen) atoms. The zero-order valence-electron chi connectivity index (χ0n) is 10.7. The van der Waals surface area contributed by atoms with Crippen molar-refractivity contribution in [2.24, 2.45) is 5.14 Å². The number of hydrogen-bond donors (Lipinski definition) is 4. The number of sulfonamides is 1. The molecular formula is C11H15N3O5S. The van der Waals surface area contributed by atoms with Crippen LogP contribution < -0.4 is 15.8 Å². The largest absolute Gasteiger partial charge is 0.478 e. The molecule has 5 N–H and O–H groups in total. The lowest BCUT2D eigenvalue weighted by molar-refractivity contribution is -0.119. The van der Waals surface area contributed by atoms with Gasteiger partial charge in [-0.3, -0.25) is 4.79 Å². The number of carbonyl (C=O) groups is 2. The molecule has 0 spiro atoms. The van der Waals surface area contributed by atoms with Crippen molar-refractivity contribution in [2.75, 3.05) is 18.4 Å². The summed E-state index contributed by atoms with van der Waals surface area (Å²) in [6.45, 7) is 2.08. The van der Waals surface area contributed by atoms with E-state index in [2.05, 4.69) is 10.6 Å². The van der Waals surface area contributed by atoms with E-state index in [1.54, 1.807) is 6.92 Å². The van der Waals surface area contributed by atoms with Crippen LogP contribution in [-0.4, -0.2) is 38.5 Å². The predicted molar refractivity (Wildman–Crippen MR) is 71.9 cm³/mol. The highest BCUT2D eigenvalue weighted by molar-refractivity contribution is 7.89. The van der Waals surface area contributed by atoms with Crippen LogP contribution in [0, 0.1) is 0 Å². The van der Waals surface area contributed by atoms with Crippen LogP contribution in [0.15, 0.2) is 23.1 Å². The van der Waals surface area contributed by atoms with E-state index in [0.717, 1.165) is 6.07 Å². The van der Waals surface area contributed by atoms with Gasteiger partial charge in [-0.25, -0.2) is 18.4 Å². The summed E-state index contributed by atoms with van der Waals surface area (Å²) in [6.07, 6.45) is 0. The molecule has 0 saturated heterocycles. The fourth-order valence-corrected chi connectivity index (χ4v) is 2.01. The molecule has 0 unspecified atom stereocenters. The topological polar surface area (TPSA) is 139 Å². The summed E-state index contributed by atoms with van der Waals surface area (Å²) in [4.78, 5) is 22.1. The van der Waals surface area contributed by atoms with Gasteiger partial charge in [0.25, 0.3) is 0 Å². The molecule has 0 radical (unpaired) electrons. The molecule has 0 bridgehead atoms. The van der Waals surface area contributed by atoms with Gasteiger partial charge in [0.2, 0.25) is 15.9 Å². The first-order chi connectivity index (χ1) is 9.25. The number of primary sulfonamides is 1. The third-order valence-corrected chi connectivity index (χ3v) is 3.27. The van der Waals surface area contributed by atoms with E-state index in [4.69, 9.17) is 10.2 Å². The van der Waals surface area contributed by atoms with E-state index in [1.165, 1.54) is 12.1 Å². The smallest absolute Gasteiger partial charge is 0.337 e. The number of nitrogens with one attached hydrogen (secondary N) is 2. The monoisotopic (exact) mass is 301 g/mol. The third-order valence-electron chi connectivity index (χ3n) is 2.36. The Morgan fingerprint density at radius 3 is 2.50 bits per heavy atom. The number of hydrogen-bond acceptors (Lipinski definition) is 5. The minimum absolute atomic E-state index is 0.122. The lowest BCUT2D eigenvalue weighted by Crippen LogP contribution is -2.29. The predicted octanol–water partition coefficient (Wildman–Crippen LogP) is -0.420. The van der Waals surface area contributed by atoms with Gasteiger partial charge in [0.05, 0.1) is 17.0 Å². The Hall–Kier alpha value is -2.13. The van der Waals surface area contributed by atoms with Crippen molar-refractivity contribution in [3.63, 3.8) is 0 Å². The molecule has 0 aliphatic carbocycles. The second-order valence-corrected chi connectivity index (χ2v) is 5.43. The van der Waals surface area contributed by atoms with Gasteiger partial charge in [-0.05, 0) is 25.1 Å². The van der Waals surface area contributed by atoms with E-state index >= 15 is 0 Å². The molecule has 1 rings (SSSR count). The van der Waals surface area contributed by atoms with Gasteiger partial charge < -0.3 is 15.7 Å². The van der Waals surface area contributed by atoms with Gasteiger partial charge in [-0.2, -0.15) is 0 Å².